The number of methoxy groups -OCH3 is 1. The Hall–Kier alpha value is -2.30. The highest BCUT2D eigenvalue weighted by Gasteiger charge is 2.12. The third-order valence-corrected chi connectivity index (χ3v) is 3.23. The van der Waals surface area contributed by atoms with Crippen LogP contribution in [0.25, 0.3) is 0 Å². The number of aryl methyl sites for hydroxylation is 2. The van der Waals surface area contributed by atoms with Gasteiger partial charge in [-0.15, -0.1) is 0 Å². The molecular weight excluding hydrogens is 268 g/mol. The van der Waals surface area contributed by atoms with E-state index < -0.39 is 0 Å². The molecule has 112 valence electrons. The van der Waals surface area contributed by atoms with Gasteiger partial charge in [0.15, 0.2) is 5.78 Å². The fourth-order valence-electron chi connectivity index (χ4n) is 2.18. The minimum Gasteiger partial charge on any atom is -0.497 e. The zero-order valence-electron chi connectivity index (χ0n) is 12.8. The molecule has 0 saturated carbocycles. The summed E-state index contributed by atoms with van der Waals surface area (Å²) < 4.78 is 12.9. The minimum absolute atomic E-state index is 0.0344. The van der Waals surface area contributed by atoms with Crippen LogP contribution in [0.2, 0.25) is 0 Å². The van der Waals surface area contributed by atoms with E-state index in [0.717, 1.165) is 17.9 Å². The van der Waals surface area contributed by atoms with Crippen molar-refractivity contribution in [2.45, 2.75) is 33.9 Å². The quantitative estimate of drug-likeness (QED) is 0.767. The molecule has 0 aliphatic carbocycles. The van der Waals surface area contributed by atoms with Crippen molar-refractivity contribution in [2.75, 3.05) is 7.11 Å². The van der Waals surface area contributed by atoms with Crippen molar-refractivity contribution in [1.82, 2.24) is 9.78 Å². The summed E-state index contributed by atoms with van der Waals surface area (Å²) >= 11 is 0. The van der Waals surface area contributed by atoms with Crippen LogP contribution in [0.4, 0.5) is 0 Å². The summed E-state index contributed by atoms with van der Waals surface area (Å²) in [4.78, 5) is 11.7. The summed E-state index contributed by atoms with van der Waals surface area (Å²) in [7, 11) is 1.59. The number of aromatic nitrogens is 2. The van der Waals surface area contributed by atoms with E-state index >= 15 is 0 Å². The lowest BCUT2D eigenvalue weighted by atomic mass is 10.1. The lowest BCUT2D eigenvalue weighted by Crippen LogP contribution is -2.08. The Labute approximate surface area is 124 Å². The molecule has 0 aliphatic rings. The smallest absolute Gasteiger partial charge is 0.163 e. The summed E-state index contributed by atoms with van der Waals surface area (Å²) in [5.41, 5.74) is 2.48. The van der Waals surface area contributed by atoms with Gasteiger partial charge >= 0.3 is 0 Å². The SMILES string of the molecule is CCn1nc(C)cc1COc1cc(OC)ccc1C(C)=O. The van der Waals surface area contributed by atoms with Crippen molar-refractivity contribution in [3.8, 4) is 11.5 Å². The maximum absolute atomic E-state index is 11.7. The molecule has 0 bridgehead atoms. The monoisotopic (exact) mass is 288 g/mol. The van der Waals surface area contributed by atoms with Crippen molar-refractivity contribution in [3.05, 3.63) is 41.2 Å². The lowest BCUT2D eigenvalue weighted by Gasteiger charge is -2.12. The first-order chi connectivity index (χ1) is 10.0. The van der Waals surface area contributed by atoms with Crippen LogP contribution in [-0.2, 0) is 13.2 Å². The molecular formula is C16H20N2O3. The fraction of sp³-hybridized carbons (Fsp3) is 0.375. The highest BCUT2D eigenvalue weighted by atomic mass is 16.5. The maximum Gasteiger partial charge on any atom is 0.163 e. The fourth-order valence-corrected chi connectivity index (χ4v) is 2.18. The largest absolute Gasteiger partial charge is 0.497 e. The minimum atomic E-state index is -0.0344. The molecule has 0 amide bonds. The van der Waals surface area contributed by atoms with Crippen LogP contribution in [0.15, 0.2) is 24.3 Å². The second-order valence-corrected chi connectivity index (χ2v) is 4.80. The third kappa shape index (κ3) is 3.42. The standard InChI is InChI=1S/C16H20N2O3/c1-5-18-13(8-11(2)17-18)10-21-16-9-14(20-4)6-7-15(16)12(3)19/h6-9H,5,10H2,1-4H3. The number of Topliss-reactive ketones (excluding diaryl/α,β-unsaturated/α-hetero) is 1. The molecule has 21 heavy (non-hydrogen) atoms. The van der Waals surface area contributed by atoms with E-state index in [0.29, 0.717) is 23.7 Å². The van der Waals surface area contributed by atoms with Gasteiger partial charge in [0.25, 0.3) is 0 Å². The highest BCUT2D eigenvalue weighted by Crippen LogP contribution is 2.26. The van der Waals surface area contributed by atoms with Crippen molar-refractivity contribution in [3.63, 3.8) is 0 Å². The number of carbonyl (C=O) groups is 1. The summed E-state index contributed by atoms with van der Waals surface area (Å²) in [6.45, 7) is 6.64. The van der Waals surface area contributed by atoms with Gasteiger partial charge in [-0.2, -0.15) is 5.10 Å². The number of hydrogen-bond donors (Lipinski definition) is 0. The molecule has 0 aliphatic heterocycles. The molecule has 1 aromatic heterocycles. The average molecular weight is 288 g/mol. The van der Waals surface area contributed by atoms with Gasteiger partial charge in [-0.3, -0.25) is 9.48 Å². The van der Waals surface area contributed by atoms with Crippen molar-refractivity contribution in [2.24, 2.45) is 0 Å². The number of rotatable bonds is 6. The molecule has 0 N–H and O–H groups in total. The number of ketones is 1. The van der Waals surface area contributed by atoms with Crippen molar-refractivity contribution in [1.29, 1.82) is 0 Å². The zero-order chi connectivity index (χ0) is 15.4. The van der Waals surface area contributed by atoms with Gasteiger partial charge < -0.3 is 9.47 Å². The van der Waals surface area contributed by atoms with Gasteiger partial charge in [0.05, 0.1) is 24.1 Å². The Morgan fingerprint density at radius 1 is 1.33 bits per heavy atom. The molecule has 0 unspecified atom stereocenters. The molecule has 5 heteroatoms. The third-order valence-electron chi connectivity index (χ3n) is 3.23. The molecule has 5 nitrogen and oxygen atoms in total. The van der Waals surface area contributed by atoms with E-state index in [1.807, 2.05) is 24.6 Å². The molecule has 0 spiro atoms. The molecule has 0 atom stereocenters. The number of nitrogens with zero attached hydrogens (tertiary/aromatic N) is 2. The number of carbonyl (C=O) groups excluding carboxylic acids is 1. The number of ether oxygens (including phenoxy) is 2. The number of benzene rings is 1. The predicted octanol–water partition coefficient (Wildman–Crippen LogP) is 3.00. The lowest BCUT2D eigenvalue weighted by molar-refractivity contribution is 0.101. The van der Waals surface area contributed by atoms with Crippen molar-refractivity contribution < 1.29 is 14.3 Å². The first-order valence-electron chi connectivity index (χ1n) is 6.90. The maximum atomic E-state index is 11.7. The molecule has 1 aromatic carbocycles. The molecule has 2 aromatic rings. The predicted molar refractivity (Wildman–Crippen MR) is 80.0 cm³/mol. The summed E-state index contributed by atoms with van der Waals surface area (Å²) in [5, 5.41) is 4.38. The average Bonchev–Trinajstić information content (AvgIpc) is 2.84. The van der Waals surface area contributed by atoms with Gasteiger partial charge in [-0.1, -0.05) is 0 Å². The van der Waals surface area contributed by atoms with Crippen LogP contribution in [0.1, 0.15) is 35.6 Å². The van der Waals surface area contributed by atoms with Crippen molar-refractivity contribution >= 4 is 5.78 Å². The summed E-state index contributed by atoms with van der Waals surface area (Å²) in [5.74, 6) is 1.16. The van der Waals surface area contributed by atoms with Crippen LogP contribution in [0, 0.1) is 6.92 Å². The van der Waals surface area contributed by atoms with Gasteiger partial charge in [-0.25, -0.2) is 0 Å². The van der Waals surface area contributed by atoms with Crippen LogP contribution >= 0.6 is 0 Å². The van der Waals surface area contributed by atoms with E-state index in [4.69, 9.17) is 9.47 Å². The van der Waals surface area contributed by atoms with Gasteiger partial charge in [-0.05, 0) is 39.0 Å². The van der Waals surface area contributed by atoms with Crippen LogP contribution in [0.5, 0.6) is 11.5 Å². The van der Waals surface area contributed by atoms with Crippen LogP contribution < -0.4 is 9.47 Å². The molecule has 1 heterocycles. The molecule has 2 rings (SSSR count). The normalized spacial score (nSPS) is 10.5. The highest BCUT2D eigenvalue weighted by molar-refractivity contribution is 5.97. The Balaban J connectivity index is 2.23. The van der Waals surface area contributed by atoms with E-state index in [-0.39, 0.29) is 5.78 Å². The van der Waals surface area contributed by atoms with Gasteiger partial charge in [0, 0.05) is 12.6 Å². The second kappa shape index (κ2) is 6.43. The van der Waals surface area contributed by atoms with Crippen LogP contribution in [-0.4, -0.2) is 22.7 Å². The summed E-state index contributed by atoms with van der Waals surface area (Å²) in [6, 6.07) is 7.19. The Bertz CT molecular complexity index is 647. The van der Waals surface area contributed by atoms with Crippen LogP contribution in [0.3, 0.4) is 0 Å². The van der Waals surface area contributed by atoms with E-state index in [1.54, 1.807) is 25.3 Å². The Morgan fingerprint density at radius 2 is 2.10 bits per heavy atom. The van der Waals surface area contributed by atoms with Gasteiger partial charge in [0.1, 0.15) is 18.1 Å². The summed E-state index contributed by atoms with van der Waals surface area (Å²) in [6.07, 6.45) is 0. The second-order valence-electron chi connectivity index (χ2n) is 4.80. The molecule has 0 saturated heterocycles. The van der Waals surface area contributed by atoms with Gasteiger partial charge in [0.2, 0.25) is 0 Å². The van der Waals surface area contributed by atoms with E-state index in [1.165, 1.54) is 6.92 Å². The Kier molecular flexibility index (Phi) is 4.62. The first kappa shape index (κ1) is 15.1. The van der Waals surface area contributed by atoms with E-state index in [2.05, 4.69) is 5.10 Å². The topological polar surface area (TPSA) is 53.4 Å². The first-order valence-corrected chi connectivity index (χ1v) is 6.90. The molecule has 0 radical (unpaired) electrons. The Morgan fingerprint density at radius 3 is 2.71 bits per heavy atom. The van der Waals surface area contributed by atoms with E-state index in [9.17, 15) is 4.79 Å². The number of hydrogen-bond acceptors (Lipinski definition) is 4. The zero-order valence-corrected chi connectivity index (χ0v) is 12.8. The molecule has 0 fully saturated rings.